The van der Waals surface area contributed by atoms with E-state index in [-0.39, 0.29) is 11.9 Å². The van der Waals surface area contributed by atoms with E-state index in [4.69, 9.17) is 5.73 Å². The van der Waals surface area contributed by atoms with Crippen LogP contribution in [0.15, 0.2) is 24.3 Å². The third-order valence-electron chi connectivity index (χ3n) is 4.07. The van der Waals surface area contributed by atoms with Gasteiger partial charge in [0.15, 0.2) is 0 Å². The lowest BCUT2D eigenvalue weighted by Crippen LogP contribution is -2.54. The summed E-state index contributed by atoms with van der Waals surface area (Å²) in [6.45, 7) is 8.37. The Morgan fingerprint density at radius 3 is 2.57 bits per heavy atom. The molecule has 1 fully saturated rings. The minimum absolute atomic E-state index is 0.0631. The molecule has 1 saturated heterocycles. The van der Waals surface area contributed by atoms with Gasteiger partial charge in [0.05, 0.1) is 17.4 Å². The molecule has 3 N–H and O–H groups in total. The number of nitrogens with two attached hydrogens (primary N) is 1. The van der Waals surface area contributed by atoms with Gasteiger partial charge in [-0.25, -0.2) is 0 Å². The first-order valence-electron chi connectivity index (χ1n) is 7.74. The second-order valence-corrected chi connectivity index (χ2v) is 5.55. The Kier molecular flexibility index (Phi) is 5.44. The number of para-hydroxylation sites is 2. The maximum atomic E-state index is 12.0. The Labute approximate surface area is 127 Å². The minimum Gasteiger partial charge on any atom is -0.397 e. The Morgan fingerprint density at radius 2 is 1.95 bits per heavy atom. The first kappa shape index (κ1) is 15.6. The third kappa shape index (κ3) is 3.88. The molecule has 116 valence electrons. The Hall–Kier alpha value is -1.75. The van der Waals surface area contributed by atoms with Crippen LogP contribution in [0.5, 0.6) is 0 Å². The normalized spacial score (nSPS) is 17.5. The summed E-state index contributed by atoms with van der Waals surface area (Å²) in [5, 5.41) is 2.97. The van der Waals surface area contributed by atoms with Crippen LogP contribution in [0.25, 0.3) is 0 Å². The van der Waals surface area contributed by atoms with E-state index in [1.807, 2.05) is 25.1 Å². The van der Waals surface area contributed by atoms with E-state index < -0.39 is 0 Å². The summed E-state index contributed by atoms with van der Waals surface area (Å²) < 4.78 is 0. The summed E-state index contributed by atoms with van der Waals surface area (Å²) in [5.74, 6) is 0.129. The van der Waals surface area contributed by atoms with Crippen LogP contribution in [-0.2, 0) is 4.79 Å². The highest BCUT2D eigenvalue weighted by Crippen LogP contribution is 2.23. The van der Waals surface area contributed by atoms with Crippen molar-refractivity contribution in [1.29, 1.82) is 0 Å². The fourth-order valence-electron chi connectivity index (χ4n) is 2.69. The molecule has 5 heteroatoms. The molecule has 0 radical (unpaired) electrons. The highest BCUT2D eigenvalue weighted by molar-refractivity contribution is 5.81. The summed E-state index contributed by atoms with van der Waals surface area (Å²) in [4.78, 5) is 16.6. The molecule has 0 spiro atoms. The SMILES string of the molecule is CCCNC(=O)C(C)N1CCN(c2ccccc2N)CC1. The fourth-order valence-corrected chi connectivity index (χ4v) is 2.69. The van der Waals surface area contributed by atoms with Gasteiger partial charge in [0.2, 0.25) is 5.91 Å². The number of anilines is 2. The summed E-state index contributed by atoms with van der Waals surface area (Å²) in [7, 11) is 0. The van der Waals surface area contributed by atoms with Crippen LogP contribution in [0, 0.1) is 0 Å². The van der Waals surface area contributed by atoms with Crippen LogP contribution in [0.4, 0.5) is 11.4 Å². The molecule has 0 aliphatic carbocycles. The van der Waals surface area contributed by atoms with E-state index in [1.165, 1.54) is 0 Å². The zero-order chi connectivity index (χ0) is 15.2. The Balaban J connectivity index is 1.88. The van der Waals surface area contributed by atoms with Crippen LogP contribution >= 0.6 is 0 Å². The molecule has 2 rings (SSSR count). The summed E-state index contributed by atoms with van der Waals surface area (Å²) in [6.07, 6.45) is 0.972. The zero-order valence-electron chi connectivity index (χ0n) is 13.0. The van der Waals surface area contributed by atoms with Gasteiger partial charge in [-0.2, -0.15) is 0 Å². The molecule has 1 amide bonds. The van der Waals surface area contributed by atoms with E-state index in [0.717, 1.165) is 50.5 Å². The van der Waals surface area contributed by atoms with Crippen molar-refractivity contribution in [2.75, 3.05) is 43.4 Å². The third-order valence-corrected chi connectivity index (χ3v) is 4.07. The number of hydrogen-bond acceptors (Lipinski definition) is 4. The van der Waals surface area contributed by atoms with Gasteiger partial charge >= 0.3 is 0 Å². The predicted octanol–water partition coefficient (Wildman–Crippen LogP) is 1.31. The number of amides is 1. The van der Waals surface area contributed by atoms with Crippen LogP contribution in [-0.4, -0.2) is 49.6 Å². The quantitative estimate of drug-likeness (QED) is 0.803. The Bertz CT molecular complexity index is 469. The average molecular weight is 290 g/mol. The molecule has 1 aromatic rings. The molecule has 21 heavy (non-hydrogen) atoms. The van der Waals surface area contributed by atoms with Crippen molar-refractivity contribution in [3.8, 4) is 0 Å². The van der Waals surface area contributed by atoms with Crippen molar-refractivity contribution >= 4 is 17.3 Å². The second kappa shape index (κ2) is 7.31. The maximum Gasteiger partial charge on any atom is 0.237 e. The van der Waals surface area contributed by atoms with Gasteiger partial charge in [-0.15, -0.1) is 0 Å². The predicted molar refractivity (Wildman–Crippen MR) is 87.4 cm³/mol. The topological polar surface area (TPSA) is 61.6 Å². The van der Waals surface area contributed by atoms with Gasteiger partial charge in [0, 0.05) is 32.7 Å². The number of nitrogens with one attached hydrogen (secondary N) is 1. The van der Waals surface area contributed by atoms with Crippen LogP contribution in [0.3, 0.4) is 0 Å². The number of rotatable bonds is 5. The van der Waals surface area contributed by atoms with Crippen molar-refractivity contribution < 1.29 is 4.79 Å². The molecular formula is C16H26N4O. The number of hydrogen-bond donors (Lipinski definition) is 2. The standard InChI is InChI=1S/C16H26N4O/c1-3-8-18-16(21)13(2)19-9-11-20(12-10-19)15-7-5-4-6-14(15)17/h4-7,13H,3,8-12,17H2,1-2H3,(H,18,21). The molecule has 1 atom stereocenters. The van der Waals surface area contributed by atoms with Gasteiger partial charge < -0.3 is 16.0 Å². The number of carbonyl (C=O) groups is 1. The Morgan fingerprint density at radius 1 is 1.29 bits per heavy atom. The first-order chi connectivity index (χ1) is 10.1. The van der Waals surface area contributed by atoms with Crippen molar-refractivity contribution in [2.45, 2.75) is 26.3 Å². The van der Waals surface area contributed by atoms with E-state index >= 15 is 0 Å². The number of benzene rings is 1. The smallest absolute Gasteiger partial charge is 0.237 e. The molecule has 5 nitrogen and oxygen atoms in total. The molecule has 1 aliphatic rings. The van der Waals surface area contributed by atoms with Crippen molar-refractivity contribution in [1.82, 2.24) is 10.2 Å². The summed E-state index contributed by atoms with van der Waals surface area (Å²) in [5.41, 5.74) is 7.95. The first-order valence-corrected chi connectivity index (χ1v) is 7.74. The number of nitrogen functional groups attached to an aromatic ring is 1. The second-order valence-electron chi connectivity index (χ2n) is 5.55. The highest BCUT2D eigenvalue weighted by Gasteiger charge is 2.25. The van der Waals surface area contributed by atoms with Crippen LogP contribution < -0.4 is 16.0 Å². The maximum absolute atomic E-state index is 12.0. The highest BCUT2D eigenvalue weighted by atomic mass is 16.2. The van der Waals surface area contributed by atoms with Crippen LogP contribution in [0.1, 0.15) is 20.3 Å². The lowest BCUT2D eigenvalue weighted by atomic mass is 10.2. The number of nitrogens with zero attached hydrogens (tertiary/aromatic N) is 2. The van der Waals surface area contributed by atoms with Crippen molar-refractivity contribution in [3.05, 3.63) is 24.3 Å². The largest absolute Gasteiger partial charge is 0.397 e. The van der Waals surface area contributed by atoms with Crippen molar-refractivity contribution in [3.63, 3.8) is 0 Å². The lowest BCUT2D eigenvalue weighted by molar-refractivity contribution is -0.126. The van der Waals surface area contributed by atoms with E-state index in [1.54, 1.807) is 0 Å². The summed E-state index contributed by atoms with van der Waals surface area (Å²) in [6, 6.07) is 7.89. The molecule has 1 aliphatic heterocycles. The van der Waals surface area contributed by atoms with Crippen molar-refractivity contribution in [2.24, 2.45) is 0 Å². The van der Waals surface area contributed by atoms with E-state index in [0.29, 0.717) is 0 Å². The molecule has 0 bridgehead atoms. The lowest BCUT2D eigenvalue weighted by Gasteiger charge is -2.38. The van der Waals surface area contributed by atoms with Gasteiger partial charge in [-0.1, -0.05) is 19.1 Å². The zero-order valence-corrected chi connectivity index (χ0v) is 13.0. The van der Waals surface area contributed by atoms with Gasteiger partial charge in [-0.3, -0.25) is 9.69 Å². The number of carbonyl (C=O) groups excluding carboxylic acids is 1. The minimum atomic E-state index is -0.0631. The van der Waals surface area contributed by atoms with Gasteiger partial charge in [0.1, 0.15) is 0 Å². The monoisotopic (exact) mass is 290 g/mol. The van der Waals surface area contributed by atoms with Crippen LogP contribution in [0.2, 0.25) is 0 Å². The summed E-state index contributed by atoms with van der Waals surface area (Å²) >= 11 is 0. The molecule has 1 aromatic carbocycles. The van der Waals surface area contributed by atoms with Gasteiger partial charge in [0.25, 0.3) is 0 Å². The molecule has 0 saturated carbocycles. The van der Waals surface area contributed by atoms with E-state index in [9.17, 15) is 4.79 Å². The molecular weight excluding hydrogens is 264 g/mol. The van der Waals surface area contributed by atoms with E-state index in [2.05, 4.69) is 28.1 Å². The molecule has 1 unspecified atom stereocenters. The molecule has 0 aromatic heterocycles. The number of piperazine rings is 1. The van der Waals surface area contributed by atoms with Gasteiger partial charge in [-0.05, 0) is 25.5 Å². The molecule has 1 heterocycles. The average Bonchev–Trinajstić information content (AvgIpc) is 2.52. The fraction of sp³-hybridized carbons (Fsp3) is 0.562.